The summed E-state index contributed by atoms with van der Waals surface area (Å²) in [6.45, 7) is 8.15. The molecule has 1 aromatic heterocycles. The first-order chi connectivity index (χ1) is 11.8. The number of hydrogen-bond acceptors (Lipinski definition) is 5. The Morgan fingerprint density at radius 2 is 1.84 bits per heavy atom. The Morgan fingerprint density at radius 1 is 1.24 bits per heavy atom. The van der Waals surface area contributed by atoms with Gasteiger partial charge < -0.3 is 5.32 Å². The number of carbonyl (C=O) groups excluding carboxylic acids is 1. The Morgan fingerprint density at radius 3 is 2.32 bits per heavy atom. The zero-order valence-electron chi connectivity index (χ0n) is 14.8. The van der Waals surface area contributed by atoms with Crippen LogP contribution < -0.4 is 5.32 Å². The van der Waals surface area contributed by atoms with E-state index in [2.05, 4.69) is 10.3 Å². The molecule has 1 heterocycles. The Bertz CT molecular complexity index is 825. The minimum absolute atomic E-state index is 0.174. The van der Waals surface area contributed by atoms with Gasteiger partial charge in [0.25, 0.3) is 5.91 Å². The maximum absolute atomic E-state index is 12.5. The average molecular weight is 382 g/mol. The van der Waals surface area contributed by atoms with Gasteiger partial charge in [-0.3, -0.25) is 4.79 Å². The van der Waals surface area contributed by atoms with Gasteiger partial charge in [0, 0.05) is 13.1 Å². The molecule has 136 valence electrons. The lowest BCUT2D eigenvalue weighted by molar-refractivity contribution is 0.0943. The van der Waals surface area contributed by atoms with Gasteiger partial charge in [-0.2, -0.15) is 4.31 Å². The normalized spacial score (nSPS) is 13.0. The highest BCUT2D eigenvalue weighted by Crippen LogP contribution is 2.20. The van der Waals surface area contributed by atoms with Crippen LogP contribution in [-0.2, 0) is 10.0 Å². The number of rotatable bonds is 7. The molecular formula is C17H23N3O3S2. The maximum atomic E-state index is 12.5. The van der Waals surface area contributed by atoms with Crippen molar-refractivity contribution < 1.29 is 13.2 Å². The van der Waals surface area contributed by atoms with Crippen LogP contribution >= 0.6 is 11.3 Å². The molecule has 0 saturated carbocycles. The highest BCUT2D eigenvalue weighted by Gasteiger charge is 2.22. The molecule has 0 fully saturated rings. The van der Waals surface area contributed by atoms with Crippen molar-refractivity contribution in [3.63, 3.8) is 0 Å². The van der Waals surface area contributed by atoms with Gasteiger partial charge in [0.15, 0.2) is 0 Å². The molecule has 1 aromatic carbocycles. The van der Waals surface area contributed by atoms with Crippen LogP contribution in [0.2, 0.25) is 0 Å². The smallest absolute Gasteiger partial charge is 0.263 e. The molecule has 1 atom stereocenters. The molecule has 0 spiro atoms. The van der Waals surface area contributed by atoms with E-state index in [9.17, 15) is 13.2 Å². The van der Waals surface area contributed by atoms with Crippen LogP contribution in [-0.4, -0.2) is 36.7 Å². The average Bonchev–Trinajstić information content (AvgIpc) is 3.02. The number of hydrogen-bond donors (Lipinski definition) is 1. The first-order valence-electron chi connectivity index (χ1n) is 8.12. The largest absolute Gasteiger partial charge is 0.345 e. The van der Waals surface area contributed by atoms with Gasteiger partial charge in [0.05, 0.1) is 22.1 Å². The zero-order valence-corrected chi connectivity index (χ0v) is 16.4. The SMILES string of the molecule is CCN(CC)S(=O)(=O)c1ccc([C@H](C)NC(=O)c2scnc2C)cc1. The van der Waals surface area contributed by atoms with Crippen molar-refractivity contribution in [3.8, 4) is 0 Å². The van der Waals surface area contributed by atoms with Crippen LogP contribution in [0.3, 0.4) is 0 Å². The van der Waals surface area contributed by atoms with E-state index < -0.39 is 10.0 Å². The third kappa shape index (κ3) is 4.26. The molecule has 0 aliphatic carbocycles. The van der Waals surface area contributed by atoms with Crippen molar-refractivity contribution in [1.82, 2.24) is 14.6 Å². The van der Waals surface area contributed by atoms with E-state index in [1.165, 1.54) is 15.6 Å². The van der Waals surface area contributed by atoms with Crippen LogP contribution in [0.5, 0.6) is 0 Å². The molecule has 8 heteroatoms. The second kappa shape index (κ2) is 8.07. The molecule has 1 N–H and O–H groups in total. The third-order valence-electron chi connectivity index (χ3n) is 4.02. The van der Waals surface area contributed by atoms with Gasteiger partial charge in [0.1, 0.15) is 4.88 Å². The lowest BCUT2D eigenvalue weighted by Gasteiger charge is -2.19. The number of benzene rings is 1. The molecule has 0 unspecified atom stereocenters. The van der Waals surface area contributed by atoms with Gasteiger partial charge in [-0.25, -0.2) is 13.4 Å². The minimum Gasteiger partial charge on any atom is -0.345 e. The number of aromatic nitrogens is 1. The fourth-order valence-electron chi connectivity index (χ4n) is 2.51. The minimum atomic E-state index is -3.47. The quantitative estimate of drug-likeness (QED) is 0.800. The maximum Gasteiger partial charge on any atom is 0.263 e. The van der Waals surface area contributed by atoms with Crippen molar-refractivity contribution in [3.05, 3.63) is 45.9 Å². The van der Waals surface area contributed by atoms with Gasteiger partial charge in [-0.05, 0) is 31.5 Å². The fourth-order valence-corrected chi connectivity index (χ4v) is 4.67. The van der Waals surface area contributed by atoms with Gasteiger partial charge >= 0.3 is 0 Å². The summed E-state index contributed by atoms with van der Waals surface area (Å²) in [5, 5.41) is 2.91. The van der Waals surface area contributed by atoms with Crippen LogP contribution in [0, 0.1) is 6.92 Å². The molecule has 0 bridgehead atoms. The molecule has 2 aromatic rings. The summed E-state index contributed by atoms with van der Waals surface area (Å²) in [5.41, 5.74) is 3.19. The summed E-state index contributed by atoms with van der Waals surface area (Å²) in [4.78, 5) is 17.2. The molecule has 0 saturated heterocycles. The van der Waals surface area contributed by atoms with E-state index >= 15 is 0 Å². The highest BCUT2D eigenvalue weighted by atomic mass is 32.2. The van der Waals surface area contributed by atoms with Gasteiger partial charge in [-0.15, -0.1) is 11.3 Å². The molecule has 0 aliphatic rings. The van der Waals surface area contributed by atoms with Crippen molar-refractivity contribution >= 4 is 27.3 Å². The second-order valence-electron chi connectivity index (χ2n) is 5.62. The van der Waals surface area contributed by atoms with E-state index in [-0.39, 0.29) is 16.8 Å². The van der Waals surface area contributed by atoms with Crippen LogP contribution in [0.1, 0.15) is 47.7 Å². The lowest BCUT2D eigenvalue weighted by Crippen LogP contribution is -2.30. The fraction of sp³-hybridized carbons (Fsp3) is 0.412. The Balaban J connectivity index is 2.14. The van der Waals surface area contributed by atoms with Crippen LogP contribution in [0.4, 0.5) is 0 Å². The number of nitrogens with zero attached hydrogens (tertiary/aromatic N) is 2. The molecule has 0 aliphatic heterocycles. The first kappa shape index (κ1) is 19.6. The Labute approximate surface area is 153 Å². The van der Waals surface area contributed by atoms with Crippen LogP contribution in [0.15, 0.2) is 34.7 Å². The summed E-state index contributed by atoms with van der Waals surface area (Å²) in [6.07, 6.45) is 0. The zero-order chi connectivity index (χ0) is 18.6. The van der Waals surface area contributed by atoms with E-state index in [4.69, 9.17) is 0 Å². The predicted octanol–water partition coefficient (Wildman–Crippen LogP) is 2.97. The summed E-state index contributed by atoms with van der Waals surface area (Å²) in [5.74, 6) is -0.174. The van der Waals surface area contributed by atoms with Crippen LogP contribution in [0.25, 0.3) is 0 Å². The highest BCUT2D eigenvalue weighted by molar-refractivity contribution is 7.89. The Hall–Kier alpha value is -1.77. The van der Waals surface area contributed by atoms with Gasteiger partial charge in [-0.1, -0.05) is 26.0 Å². The van der Waals surface area contributed by atoms with Crippen molar-refractivity contribution in [2.75, 3.05) is 13.1 Å². The molecule has 6 nitrogen and oxygen atoms in total. The van der Waals surface area contributed by atoms with Crippen molar-refractivity contribution in [2.24, 2.45) is 0 Å². The van der Waals surface area contributed by atoms with E-state index in [0.717, 1.165) is 5.56 Å². The first-order valence-corrected chi connectivity index (χ1v) is 10.4. The lowest BCUT2D eigenvalue weighted by atomic mass is 10.1. The predicted molar refractivity (Wildman–Crippen MR) is 99.3 cm³/mol. The van der Waals surface area contributed by atoms with E-state index in [1.807, 2.05) is 20.8 Å². The van der Waals surface area contributed by atoms with Crippen molar-refractivity contribution in [1.29, 1.82) is 0 Å². The topological polar surface area (TPSA) is 79.4 Å². The molecule has 2 rings (SSSR count). The monoisotopic (exact) mass is 381 g/mol. The number of carbonyl (C=O) groups is 1. The molecule has 25 heavy (non-hydrogen) atoms. The number of aryl methyl sites for hydroxylation is 1. The Kier molecular flexibility index (Phi) is 6.31. The summed E-state index contributed by atoms with van der Waals surface area (Å²) in [7, 11) is -3.47. The number of thiazole rings is 1. The van der Waals surface area contributed by atoms with Crippen molar-refractivity contribution in [2.45, 2.75) is 38.6 Å². The number of nitrogens with one attached hydrogen (secondary N) is 1. The standard InChI is InChI=1S/C17H23N3O3S2/c1-5-20(6-2)25(22,23)15-9-7-14(8-10-15)12(3)19-17(21)16-13(4)18-11-24-16/h7-12H,5-6H2,1-4H3,(H,19,21)/t12-/m0/s1. The summed E-state index contributed by atoms with van der Waals surface area (Å²) < 4.78 is 26.4. The molecular weight excluding hydrogens is 358 g/mol. The molecule has 0 radical (unpaired) electrons. The van der Waals surface area contributed by atoms with E-state index in [1.54, 1.807) is 36.7 Å². The summed E-state index contributed by atoms with van der Waals surface area (Å²) >= 11 is 1.30. The summed E-state index contributed by atoms with van der Waals surface area (Å²) in [6, 6.07) is 6.41. The third-order valence-corrected chi connectivity index (χ3v) is 7.01. The molecule has 1 amide bonds. The van der Waals surface area contributed by atoms with Gasteiger partial charge in [0.2, 0.25) is 10.0 Å². The van der Waals surface area contributed by atoms with E-state index in [0.29, 0.717) is 23.7 Å². The second-order valence-corrected chi connectivity index (χ2v) is 8.41. The number of amides is 1. The number of sulfonamides is 1.